The van der Waals surface area contributed by atoms with Crippen molar-refractivity contribution < 1.29 is 25.2 Å². The lowest BCUT2D eigenvalue weighted by molar-refractivity contribution is -0.0483. The molecule has 3 unspecified atom stereocenters. The lowest BCUT2D eigenvalue weighted by atomic mass is 10.0. The molecule has 9 heteroatoms. The molecule has 0 saturated carbocycles. The van der Waals surface area contributed by atoms with Crippen LogP contribution in [0.15, 0.2) is 37.7 Å². The van der Waals surface area contributed by atoms with Crippen molar-refractivity contribution in [3.63, 3.8) is 0 Å². The van der Waals surface area contributed by atoms with Gasteiger partial charge in [0.05, 0.1) is 21.7 Å². The summed E-state index contributed by atoms with van der Waals surface area (Å²) in [6.07, 6.45) is -1.38. The second-order valence-electron chi connectivity index (χ2n) is 6.00. The SMILES string of the molecule is CC(O)C(O)C(Br)OCc1ccc(Cc2c(Br)c(O)c(O)c(Br)c2Br)cc1. The number of aromatic hydroxyl groups is 2. The minimum atomic E-state index is -1.01. The number of aliphatic hydroxyl groups excluding tert-OH is 2. The summed E-state index contributed by atoms with van der Waals surface area (Å²) in [6, 6.07) is 7.68. The monoisotopic (exact) mass is 630 g/mol. The van der Waals surface area contributed by atoms with Crippen molar-refractivity contribution in [2.45, 2.75) is 37.2 Å². The molecule has 0 aliphatic heterocycles. The Morgan fingerprint density at radius 3 is 1.96 bits per heavy atom. The van der Waals surface area contributed by atoms with Crippen LogP contribution in [-0.2, 0) is 17.8 Å². The molecule has 2 rings (SSSR count). The molecule has 4 N–H and O–H groups in total. The van der Waals surface area contributed by atoms with Crippen LogP contribution in [0, 0.1) is 0 Å². The van der Waals surface area contributed by atoms with Gasteiger partial charge in [-0.3, -0.25) is 0 Å². The average molecular weight is 634 g/mol. The summed E-state index contributed by atoms with van der Waals surface area (Å²) in [4.78, 5) is 0. The third kappa shape index (κ3) is 5.68. The zero-order chi connectivity index (χ0) is 20.3. The summed E-state index contributed by atoms with van der Waals surface area (Å²) in [5, 5.41) is 38.3. The summed E-state index contributed by atoms with van der Waals surface area (Å²) < 4.78 is 6.99. The van der Waals surface area contributed by atoms with Crippen LogP contribution in [0.25, 0.3) is 0 Å². The van der Waals surface area contributed by atoms with Gasteiger partial charge in [0.1, 0.15) is 11.1 Å². The summed E-state index contributed by atoms with van der Waals surface area (Å²) >= 11 is 13.2. The predicted octanol–water partition coefficient (Wildman–Crippen LogP) is 4.96. The maximum atomic E-state index is 10.0. The molecule has 3 atom stereocenters. The molecule has 5 nitrogen and oxygen atoms in total. The Balaban J connectivity index is 2.09. The second kappa shape index (κ2) is 10.0. The molecular weight excluding hydrogens is 616 g/mol. The fourth-order valence-corrected chi connectivity index (χ4v) is 4.61. The van der Waals surface area contributed by atoms with E-state index in [0.29, 0.717) is 19.8 Å². The van der Waals surface area contributed by atoms with Crippen LogP contribution in [0.5, 0.6) is 11.5 Å². The molecule has 0 bridgehead atoms. The topological polar surface area (TPSA) is 90.2 Å². The quantitative estimate of drug-likeness (QED) is 0.197. The molecule has 0 fully saturated rings. The molecule has 148 valence electrons. The van der Waals surface area contributed by atoms with Gasteiger partial charge < -0.3 is 25.2 Å². The number of halogens is 4. The Morgan fingerprint density at radius 1 is 0.889 bits per heavy atom. The van der Waals surface area contributed by atoms with Crippen molar-refractivity contribution in [1.82, 2.24) is 0 Å². The van der Waals surface area contributed by atoms with E-state index in [-0.39, 0.29) is 18.1 Å². The van der Waals surface area contributed by atoms with Crippen molar-refractivity contribution >= 4 is 63.7 Å². The van der Waals surface area contributed by atoms with Crippen LogP contribution in [0.4, 0.5) is 0 Å². The van der Waals surface area contributed by atoms with Crippen molar-refractivity contribution in [1.29, 1.82) is 0 Å². The van der Waals surface area contributed by atoms with E-state index in [4.69, 9.17) is 4.74 Å². The number of rotatable bonds is 7. The average Bonchev–Trinajstić information content (AvgIpc) is 2.66. The smallest absolute Gasteiger partial charge is 0.174 e. The third-order valence-electron chi connectivity index (χ3n) is 3.94. The van der Waals surface area contributed by atoms with Crippen molar-refractivity contribution in [3.05, 3.63) is 54.4 Å². The summed E-state index contributed by atoms with van der Waals surface area (Å²) in [6.45, 7) is 1.77. The van der Waals surface area contributed by atoms with Crippen LogP contribution in [0.3, 0.4) is 0 Å². The molecule has 0 aliphatic carbocycles. The minimum absolute atomic E-state index is 0.217. The Bertz CT molecular complexity index is 766. The highest BCUT2D eigenvalue weighted by molar-refractivity contribution is 9.13. The highest BCUT2D eigenvalue weighted by Crippen LogP contribution is 2.47. The van der Waals surface area contributed by atoms with Gasteiger partial charge in [-0.25, -0.2) is 0 Å². The summed E-state index contributed by atoms with van der Waals surface area (Å²) in [5.41, 5.74) is 2.70. The molecule has 2 aromatic rings. The van der Waals surface area contributed by atoms with Gasteiger partial charge in [-0.2, -0.15) is 0 Å². The first-order valence-corrected chi connectivity index (χ1v) is 11.2. The molecule has 27 heavy (non-hydrogen) atoms. The maximum absolute atomic E-state index is 10.0. The van der Waals surface area contributed by atoms with Gasteiger partial charge >= 0.3 is 0 Å². The van der Waals surface area contributed by atoms with Gasteiger partial charge in [-0.05, 0) is 77.8 Å². The zero-order valence-corrected chi connectivity index (χ0v) is 20.5. The van der Waals surface area contributed by atoms with Gasteiger partial charge in [-0.15, -0.1) is 0 Å². The molecule has 0 spiro atoms. The molecule has 0 aromatic heterocycles. The van der Waals surface area contributed by atoms with Crippen molar-refractivity contribution in [2.24, 2.45) is 0 Å². The van der Waals surface area contributed by atoms with E-state index in [9.17, 15) is 20.4 Å². The van der Waals surface area contributed by atoms with E-state index in [1.807, 2.05) is 24.3 Å². The fourth-order valence-electron chi connectivity index (χ4n) is 2.29. The Morgan fingerprint density at radius 2 is 1.41 bits per heavy atom. The highest BCUT2D eigenvalue weighted by Gasteiger charge is 2.22. The van der Waals surface area contributed by atoms with E-state index in [2.05, 4.69) is 63.7 Å². The largest absolute Gasteiger partial charge is 0.503 e. The first-order valence-electron chi connectivity index (χ1n) is 7.90. The number of phenols is 2. The number of ether oxygens (including phenoxy) is 1. The maximum Gasteiger partial charge on any atom is 0.174 e. The first-order chi connectivity index (χ1) is 12.6. The van der Waals surface area contributed by atoms with Crippen LogP contribution in [0.2, 0.25) is 0 Å². The number of hydrogen-bond donors (Lipinski definition) is 4. The molecular formula is C18H18Br4O5. The van der Waals surface area contributed by atoms with E-state index >= 15 is 0 Å². The molecule has 0 saturated heterocycles. The lowest BCUT2D eigenvalue weighted by Gasteiger charge is -2.20. The van der Waals surface area contributed by atoms with Crippen molar-refractivity contribution in [3.8, 4) is 11.5 Å². The lowest BCUT2D eigenvalue weighted by Crippen LogP contribution is -2.33. The first kappa shape index (κ1) is 23.1. The molecule has 0 radical (unpaired) electrons. The van der Waals surface area contributed by atoms with Crippen LogP contribution < -0.4 is 0 Å². The van der Waals surface area contributed by atoms with Crippen LogP contribution in [-0.4, -0.2) is 37.6 Å². The second-order valence-corrected chi connectivity index (χ2v) is 9.29. The number of aliphatic hydroxyl groups is 2. The molecule has 0 aliphatic rings. The van der Waals surface area contributed by atoms with Gasteiger partial charge in [0.25, 0.3) is 0 Å². The van der Waals surface area contributed by atoms with Gasteiger partial charge in [0.15, 0.2) is 11.5 Å². The summed E-state index contributed by atoms with van der Waals surface area (Å²) in [7, 11) is 0. The number of alkyl halides is 1. The minimum Gasteiger partial charge on any atom is -0.503 e. The van der Waals surface area contributed by atoms with Gasteiger partial charge in [0.2, 0.25) is 0 Å². The normalized spacial score (nSPS) is 14.8. The van der Waals surface area contributed by atoms with Gasteiger partial charge in [0, 0.05) is 4.47 Å². The number of phenolic OH excluding ortho intramolecular Hbond substituents is 2. The van der Waals surface area contributed by atoms with Crippen LogP contribution in [0.1, 0.15) is 23.6 Å². The van der Waals surface area contributed by atoms with E-state index < -0.39 is 17.2 Å². The number of benzene rings is 2. The van der Waals surface area contributed by atoms with Gasteiger partial charge in [-0.1, -0.05) is 40.2 Å². The molecule has 2 aromatic carbocycles. The Hall–Kier alpha value is -0.160. The standard InChI is InChI=1S/C18H18Br4O5/c1-8(23)15(24)18(22)27-7-10-4-2-9(3-5-10)6-11-12(19)14(21)17(26)16(25)13(11)20/h2-5,8,15,18,23-26H,6-7H2,1H3. The Labute approximate surface area is 190 Å². The molecule has 0 amide bonds. The van der Waals surface area contributed by atoms with Crippen molar-refractivity contribution in [2.75, 3.05) is 0 Å². The Kier molecular flexibility index (Phi) is 8.60. The zero-order valence-electron chi connectivity index (χ0n) is 14.2. The third-order valence-corrected chi connectivity index (χ3v) is 7.78. The van der Waals surface area contributed by atoms with Crippen LogP contribution >= 0.6 is 63.7 Å². The van der Waals surface area contributed by atoms with E-state index in [1.165, 1.54) is 6.92 Å². The van der Waals surface area contributed by atoms with E-state index in [0.717, 1.165) is 16.7 Å². The fraction of sp³-hybridized carbons (Fsp3) is 0.333. The van der Waals surface area contributed by atoms with E-state index in [1.54, 1.807) is 0 Å². The molecule has 0 heterocycles. The predicted molar refractivity (Wildman–Crippen MR) is 117 cm³/mol. The highest BCUT2D eigenvalue weighted by atomic mass is 79.9. The summed E-state index contributed by atoms with van der Waals surface area (Å²) in [5.74, 6) is -0.446. The number of hydrogen-bond acceptors (Lipinski definition) is 5.